The van der Waals surface area contributed by atoms with E-state index >= 15 is 0 Å². The van der Waals surface area contributed by atoms with E-state index in [-0.39, 0.29) is 0 Å². The average molecular weight is 1120 g/mol. The summed E-state index contributed by atoms with van der Waals surface area (Å²) in [6.07, 6.45) is -53.4. The zero-order valence-electron chi connectivity index (χ0n) is 40.2. The van der Waals surface area contributed by atoms with Crippen molar-refractivity contribution in [2.45, 2.75) is 212 Å². The Hall–Kier alpha value is -2.23. The van der Waals surface area contributed by atoms with E-state index in [1.807, 2.05) is 0 Å². The summed E-state index contributed by atoms with van der Waals surface area (Å²) in [6.45, 7) is 0.490. The normalized spacial score (nSPS) is 49.0. The summed E-state index contributed by atoms with van der Waals surface area (Å²) in [5.74, 6) is -1.72. The lowest BCUT2D eigenvalue weighted by atomic mass is 9.94. The number of nitrogens with one attached hydrogen (secondary N) is 2. The molecular weight excluding hydrogens is 1050 g/mol. The Bertz CT molecular complexity index is 1970. The molecule has 0 radical (unpaired) electrons. The van der Waals surface area contributed by atoms with E-state index in [1.54, 1.807) is 0 Å². The molecule has 0 aromatic heterocycles. The second-order valence-corrected chi connectivity index (χ2v) is 19.8. The maximum absolute atomic E-state index is 13.0. The Labute approximate surface area is 425 Å². The number of aliphatic hydroxyl groups excluding tert-OH is 15. The molecule has 2 amide bonds. The molecular formula is C40H68N2O32S. The molecule has 18 N–H and O–H groups in total. The summed E-state index contributed by atoms with van der Waals surface area (Å²) in [6, 6.07) is -3.53. The lowest BCUT2D eigenvalue weighted by molar-refractivity contribution is -0.383. The zero-order chi connectivity index (χ0) is 55.7. The number of carbonyl (C=O) groups is 2. The van der Waals surface area contributed by atoms with Crippen molar-refractivity contribution in [1.29, 1.82) is 0 Å². The van der Waals surface area contributed by atoms with Crippen molar-refractivity contribution in [1.82, 2.24) is 10.6 Å². The smallest absolute Gasteiger partial charge is 0.394 e. The molecule has 0 aromatic carbocycles. The van der Waals surface area contributed by atoms with E-state index < -0.39 is 233 Å². The first-order valence-electron chi connectivity index (χ1n) is 23.5. The second kappa shape index (κ2) is 25.9. The molecule has 0 unspecified atom stereocenters. The van der Waals surface area contributed by atoms with Gasteiger partial charge in [0.25, 0.3) is 0 Å². The molecule has 6 aliphatic heterocycles. The predicted octanol–water partition coefficient (Wildman–Crippen LogP) is -11.9. The van der Waals surface area contributed by atoms with Crippen molar-refractivity contribution in [2.24, 2.45) is 0 Å². The van der Waals surface area contributed by atoms with Gasteiger partial charge in [-0.1, -0.05) is 0 Å². The fraction of sp³-hybridized carbons (Fsp3) is 0.950. The number of aliphatic hydroxyl groups is 15. The van der Waals surface area contributed by atoms with Crippen LogP contribution in [0.5, 0.6) is 0 Å². The van der Waals surface area contributed by atoms with Crippen LogP contribution in [0.3, 0.4) is 0 Å². The van der Waals surface area contributed by atoms with Crippen molar-refractivity contribution in [3.05, 3.63) is 0 Å². The van der Waals surface area contributed by atoms with Crippen LogP contribution in [0, 0.1) is 0 Å². The minimum Gasteiger partial charge on any atom is -0.394 e. The van der Waals surface area contributed by atoms with Crippen LogP contribution in [-0.2, 0) is 76.3 Å². The summed E-state index contributed by atoms with van der Waals surface area (Å²) in [5.41, 5.74) is 0. The highest BCUT2D eigenvalue weighted by Gasteiger charge is 2.58. The minimum atomic E-state index is -5.43. The van der Waals surface area contributed by atoms with Crippen molar-refractivity contribution < 1.29 is 155 Å². The molecule has 0 aliphatic carbocycles. The van der Waals surface area contributed by atoms with Crippen molar-refractivity contribution in [3.63, 3.8) is 0 Å². The fourth-order valence-corrected chi connectivity index (χ4v) is 9.83. The van der Waals surface area contributed by atoms with Crippen molar-refractivity contribution in [3.8, 4) is 0 Å². The van der Waals surface area contributed by atoms with Crippen molar-refractivity contribution >= 4 is 22.2 Å². The van der Waals surface area contributed by atoms with Crippen LogP contribution in [0.25, 0.3) is 0 Å². The van der Waals surface area contributed by atoms with E-state index in [9.17, 15) is 99.2 Å². The zero-order valence-corrected chi connectivity index (χ0v) is 41.1. The molecule has 0 spiro atoms. The van der Waals surface area contributed by atoms with Gasteiger partial charge in [-0.25, -0.2) is 4.18 Å². The Morgan fingerprint density at radius 3 is 1.40 bits per heavy atom. The molecule has 34 nitrogen and oxygen atoms in total. The molecule has 6 saturated heterocycles. The lowest BCUT2D eigenvalue weighted by Crippen LogP contribution is -2.70. The van der Waals surface area contributed by atoms with Gasteiger partial charge < -0.3 is 139 Å². The number of ether oxygens (including phenoxy) is 11. The third-order valence-electron chi connectivity index (χ3n) is 13.3. The first-order valence-corrected chi connectivity index (χ1v) is 24.8. The minimum absolute atomic E-state index is 0.828. The quantitative estimate of drug-likeness (QED) is 0.0567. The summed E-state index contributed by atoms with van der Waals surface area (Å²) in [7, 11) is -5.43. The van der Waals surface area contributed by atoms with Crippen LogP contribution >= 0.6 is 0 Å². The van der Waals surface area contributed by atoms with Crippen LogP contribution in [0.2, 0.25) is 0 Å². The molecule has 6 fully saturated rings. The van der Waals surface area contributed by atoms with Crippen molar-refractivity contribution in [2.75, 3.05) is 26.4 Å². The molecule has 6 heterocycles. The molecule has 30 atom stereocenters. The van der Waals surface area contributed by atoms with Gasteiger partial charge in [0.15, 0.2) is 37.7 Å². The molecule has 6 aliphatic rings. The molecule has 75 heavy (non-hydrogen) atoms. The largest absolute Gasteiger partial charge is 0.397 e. The Morgan fingerprint density at radius 2 is 0.880 bits per heavy atom. The van der Waals surface area contributed by atoms with Gasteiger partial charge in [0.2, 0.25) is 11.8 Å². The fourth-order valence-electron chi connectivity index (χ4n) is 9.32. The SMILES string of the molecule is CC(=O)N[C@@H]1[C@@H](O[C@@H]2O[C@H](CO)[C@H](O)[C@H](O)[C@H]2O[C@@H]2O[C@@H](C)[C@@H](O)[C@@H](O)[C@@H]2O)[C@@H](O)[C@@H](CO[C@@H]2O[C@H](CO)[C@@H](O[C@@H]3O[C@H](CO)[C@H](O)[C@H](OS(=O)(=O)O)[C@H]3O)[C@H](O[C@@H]3O[C@@H](C)[C@@H](O)[C@@H](O)[C@@H]3O)[C@H]2NC(C)=O)O[C@H]1O. The number of carbonyl (C=O) groups excluding carboxylic acids is 2. The highest BCUT2D eigenvalue weighted by Crippen LogP contribution is 2.37. The first-order chi connectivity index (χ1) is 35.1. The Morgan fingerprint density at radius 1 is 0.440 bits per heavy atom. The molecule has 6 rings (SSSR count). The lowest BCUT2D eigenvalue weighted by Gasteiger charge is -2.50. The van der Waals surface area contributed by atoms with Crippen LogP contribution < -0.4 is 10.6 Å². The molecule has 0 bridgehead atoms. The predicted molar refractivity (Wildman–Crippen MR) is 230 cm³/mol. The number of rotatable bonds is 18. The highest BCUT2D eigenvalue weighted by molar-refractivity contribution is 7.80. The summed E-state index contributed by atoms with van der Waals surface area (Å²) >= 11 is 0. The average Bonchev–Trinajstić information content (AvgIpc) is 3.34. The van der Waals surface area contributed by atoms with E-state index in [4.69, 9.17) is 52.1 Å². The number of hydrogen-bond donors (Lipinski definition) is 18. The van der Waals surface area contributed by atoms with Crippen LogP contribution in [0.1, 0.15) is 27.7 Å². The molecule has 0 aromatic rings. The number of hydrogen-bond acceptors (Lipinski definition) is 31. The van der Waals surface area contributed by atoms with Gasteiger partial charge in [-0.2, -0.15) is 8.42 Å². The van der Waals surface area contributed by atoms with E-state index in [2.05, 4.69) is 14.8 Å². The third-order valence-corrected chi connectivity index (χ3v) is 13.8. The number of amides is 2. The monoisotopic (exact) mass is 1120 g/mol. The Kier molecular flexibility index (Phi) is 21.4. The highest BCUT2D eigenvalue weighted by atomic mass is 32.3. The second-order valence-electron chi connectivity index (χ2n) is 18.7. The summed E-state index contributed by atoms with van der Waals surface area (Å²) < 4.78 is 101. The van der Waals surface area contributed by atoms with Gasteiger partial charge in [-0.3, -0.25) is 14.1 Å². The standard InChI is InChI=1S/C40H68N2O32S/c1-9-19(48)24(53)27(56)37(64-9)72-32-18(42-12(4)47)36(69-15(7-45)30(32)70-39-29(58)33(74-75(60,61)62)22(51)14(6-44)67-39)63-8-16-23(52)31(17(35(59)66-16)41-11(3)46)71-40-34(26(55)21(50)13(5-43)68-40)73-38-28(57)25(54)20(49)10(2)65-38/h9-10,13-40,43-45,48-59H,5-8H2,1-4H3,(H,41,46)(H,42,47)(H,60,61,62)/t9-,10-,13+,14+,15+,16+,17+,18+,19+,20+,21-,22-,23-,24+,25+,26-,27-,28-,29+,30+,31+,32+,33-,34+,35+,36+,37-,38-,39-,40-/m0/s1. The maximum Gasteiger partial charge on any atom is 0.397 e. The van der Waals surface area contributed by atoms with Gasteiger partial charge >= 0.3 is 10.4 Å². The van der Waals surface area contributed by atoms with E-state index in [0.29, 0.717) is 0 Å². The van der Waals surface area contributed by atoms with E-state index in [0.717, 1.165) is 13.8 Å². The summed E-state index contributed by atoms with van der Waals surface area (Å²) in [4.78, 5) is 25.4. The van der Waals surface area contributed by atoms with E-state index in [1.165, 1.54) is 13.8 Å². The molecule has 35 heteroatoms. The molecule has 0 saturated carbocycles. The van der Waals surface area contributed by atoms with Gasteiger partial charge in [-0.05, 0) is 13.8 Å². The Balaban J connectivity index is 1.31. The topological polar surface area (TPSA) is 527 Å². The van der Waals surface area contributed by atoms with Crippen LogP contribution in [0.4, 0.5) is 0 Å². The summed E-state index contributed by atoms with van der Waals surface area (Å²) in [5, 5.41) is 166. The third kappa shape index (κ3) is 14.0. The maximum atomic E-state index is 13.0. The van der Waals surface area contributed by atoms with Gasteiger partial charge in [-0.15, -0.1) is 0 Å². The first kappa shape index (κ1) is 62.0. The van der Waals surface area contributed by atoms with Gasteiger partial charge in [0.1, 0.15) is 134 Å². The van der Waals surface area contributed by atoms with Crippen LogP contribution in [0.15, 0.2) is 0 Å². The molecule has 436 valence electrons. The van der Waals surface area contributed by atoms with Gasteiger partial charge in [0, 0.05) is 13.8 Å². The van der Waals surface area contributed by atoms with Crippen LogP contribution in [-0.4, -0.2) is 312 Å². The van der Waals surface area contributed by atoms with Gasteiger partial charge in [0.05, 0.1) is 38.6 Å².